The Morgan fingerprint density at radius 2 is 1.66 bits per heavy atom. The van der Waals surface area contributed by atoms with Gasteiger partial charge in [0.1, 0.15) is 5.02 Å². The fraction of sp³-hybridized carbons (Fsp3) is 0.474. The highest BCUT2D eigenvalue weighted by atomic mass is 35.5. The number of hydrogen-bond donors (Lipinski definition) is 0. The smallest absolute Gasteiger partial charge is 0.378 e. The third kappa shape index (κ3) is 4.51. The van der Waals surface area contributed by atoms with Gasteiger partial charge in [0.25, 0.3) is 5.56 Å². The lowest BCUT2D eigenvalue weighted by atomic mass is 10.2. The number of hydrogen-bond acceptors (Lipinski definition) is 6. The summed E-state index contributed by atoms with van der Waals surface area (Å²) in [5.41, 5.74) is -1.22. The molecule has 0 spiro atoms. The van der Waals surface area contributed by atoms with E-state index in [2.05, 4.69) is 10.1 Å². The summed E-state index contributed by atoms with van der Waals surface area (Å²) >= 11 is 6.28. The van der Waals surface area contributed by atoms with Gasteiger partial charge < -0.3 is 19.4 Å². The Kier molecular flexibility index (Phi) is 6.24. The van der Waals surface area contributed by atoms with E-state index in [1.54, 1.807) is 9.80 Å². The maximum Gasteiger partial charge on any atom is 0.417 e. The van der Waals surface area contributed by atoms with Gasteiger partial charge in [0.05, 0.1) is 30.7 Å². The summed E-state index contributed by atoms with van der Waals surface area (Å²) in [6.07, 6.45) is -2.52. The average molecular weight is 473 g/mol. The van der Waals surface area contributed by atoms with Crippen LogP contribution in [0.25, 0.3) is 5.82 Å². The van der Waals surface area contributed by atoms with Gasteiger partial charge in [0.15, 0.2) is 5.82 Å². The van der Waals surface area contributed by atoms with Crippen LogP contribution in [-0.4, -0.2) is 83.1 Å². The molecule has 32 heavy (non-hydrogen) atoms. The van der Waals surface area contributed by atoms with Crippen LogP contribution in [0.4, 0.5) is 23.7 Å². The molecule has 0 N–H and O–H groups in total. The fourth-order valence-corrected chi connectivity index (χ4v) is 3.83. The molecule has 0 radical (unpaired) electrons. The van der Waals surface area contributed by atoms with E-state index in [1.165, 1.54) is 6.20 Å². The lowest BCUT2D eigenvalue weighted by Crippen LogP contribution is -2.55. The van der Waals surface area contributed by atoms with Gasteiger partial charge in [-0.1, -0.05) is 11.6 Å². The molecule has 0 bridgehead atoms. The normalized spacial score (nSPS) is 17.6. The van der Waals surface area contributed by atoms with E-state index in [-0.39, 0.29) is 16.9 Å². The molecule has 0 saturated carbocycles. The number of urea groups is 1. The maximum absolute atomic E-state index is 12.7. The van der Waals surface area contributed by atoms with Gasteiger partial charge in [-0.25, -0.2) is 9.78 Å². The van der Waals surface area contributed by atoms with Gasteiger partial charge in [0.2, 0.25) is 0 Å². The number of aromatic nitrogens is 3. The van der Waals surface area contributed by atoms with Gasteiger partial charge in [-0.05, 0) is 12.1 Å². The molecule has 2 fully saturated rings. The minimum Gasteiger partial charge on any atom is -0.378 e. The van der Waals surface area contributed by atoms with Crippen molar-refractivity contribution >= 4 is 23.3 Å². The Morgan fingerprint density at radius 1 is 1.00 bits per heavy atom. The minimum atomic E-state index is -4.53. The number of nitrogens with zero attached hydrogens (tertiary/aromatic N) is 6. The number of alkyl halides is 3. The second kappa shape index (κ2) is 8.94. The molecule has 0 aliphatic carbocycles. The predicted molar refractivity (Wildman–Crippen MR) is 109 cm³/mol. The molecule has 2 aromatic rings. The summed E-state index contributed by atoms with van der Waals surface area (Å²) in [6, 6.07) is 1.84. The van der Waals surface area contributed by atoms with E-state index in [0.29, 0.717) is 64.4 Å². The molecule has 0 atom stereocenters. The number of anilines is 1. The quantitative estimate of drug-likeness (QED) is 0.663. The molecule has 2 aliphatic heterocycles. The molecule has 2 amide bonds. The van der Waals surface area contributed by atoms with E-state index in [9.17, 15) is 22.8 Å². The van der Waals surface area contributed by atoms with Crippen molar-refractivity contribution in [1.29, 1.82) is 0 Å². The molecule has 0 aromatic carbocycles. The molecule has 13 heteroatoms. The molecule has 2 aliphatic rings. The van der Waals surface area contributed by atoms with Crippen molar-refractivity contribution in [3.63, 3.8) is 0 Å². The lowest BCUT2D eigenvalue weighted by molar-refractivity contribution is -0.137. The molecular formula is C19H20ClF3N6O3. The van der Waals surface area contributed by atoms with Crippen LogP contribution in [0.2, 0.25) is 5.02 Å². The SMILES string of the molecule is O=C(N1CCOCC1)N1CCN(c2cnn(-c3ccc(C(F)(F)F)cn3)c(=O)c2Cl)CC1. The van der Waals surface area contributed by atoms with Crippen LogP contribution >= 0.6 is 11.6 Å². The van der Waals surface area contributed by atoms with Crippen LogP contribution in [0.1, 0.15) is 5.56 Å². The van der Waals surface area contributed by atoms with Crippen molar-refractivity contribution in [3.05, 3.63) is 45.5 Å². The van der Waals surface area contributed by atoms with E-state index in [1.807, 2.05) is 4.90 Å². The second-order valence-corrected chi connectivity index (χ2v) is 7.70. The standard InChI is InChI=1S/C19H20ClF3N6O3/c20-16-14(26-3-5-27(6-4-26)18(31)28-7-9-32-10-8-28)12-25-29(17(16)30)15-2-1-13(11-24-15)19(21,22)23/h1-2,11-12H,3-10H2. The van der Waals surface area contributed by atoms with Crippen molar-refractivity contribution in [3.8, 4) is 5.82 Å². The van der Waals surface area contributed by atoms with Crippen molar-refractivity contribution in [1.82, 2.24) is 24.6 Å². The first kappa shape index (κ1) is 22.3. The predicted octanol–water partition coefficient (Wildman–Crippen LogP) is 1.87. The largest absolute Gasteiger partial charge is 0.417 e. The Bertz CT molecular complexity index is 1030. The summed E-state index contributed by atoms with van der Waals surface area (Å²) in [5.74, 6) is -0.0719. The van der Waals surface area contributed by atoms with Gasteiger partial charge in [-0.15, -0.1) is 0 Å². The molecule has 4 rings (SSSR count). The van der Waals surface area contributed by atoms with E-state index < -0.39 is 17.3 Å². The molecule has 4 heterocycles. The molecule has 172 valence electrons. The summed E-state index contributed by atoms with van der Waals surface area (Å²) in [4.78, 5) is 34.3. The average Bonchev–Trinajstić information content (AvgIpc) is 2.81. The number of piperazine rings is 1. The van der Waals surface area contributed by atoms with Crippen LogP contribution in [0, 0.1) is 0 Å². The number of carbonyl (C=O) groups is 1. The number of morpholine rings is 1. The zero-order valence-electron chi connectivity index (χ0n) is 16.9. The van der Waals surface area contributed by atoms with Crippen LogP contribution in [-0.2, 0) is 10.9 Å². The summed E-state index contributed by atoms with van der Waals surface area (Å²) in [6.45, 7) is 4.00. The van der Waals surface area contributed by atoms with Gasteiger partial charge in [-0.3, -0.25) is 4.79 Å². The zero-order valence-corrected chi connectivity index (χ0v) is 17.6. The van der Waals surface area contributed by atoms with Crippen molar-refractivity contribution in [2.24, 2.45) is 0 Å². The lowest BCUT2D eigenvalue weighted by Gasteiger charge is -2.39. The van der Waals surface area contributed by atoms with Crippen molar-refractivity contribution in [2.75, 3.05) is 57.4 Å². The van der Waals surface area contributed by atoms with E-state index in [0.717, 1.165) is 16.8 Å². The third-order valence-electron chi connectivity index (χ3n) is 5.37. The van der Waals surface area contributed by atoms with Gasteiger partial charge >= 0.3 is 12.2 Å². The Morgan fingerprint density at radius 3 is 2.25 bits per heavy atom. The number of pyridine rings is 1. The van der Waals surface area contributed by atoms with Crippen molar-refractivity contribution < 1.29 is 22.7 Å². The van der Waals surface area contributed by atoms with Gasteiger partial charge in [-0.2, -0.15) is 23.0 Å². The highest BCUT2D eigenvalue weighted by Gasteiger charge is 2.31. The minimum absolute atomic E-state index is 0.0408. The first-order valence-electron chi connectivity index (χ1n) is 9.93. The first-order valence-corrected chi connectivity index (χ1v) is 10.3. The van der Waals surface area contributed by atoms with E-state index >= 15 is 0 Å². The summed E-state index contributed by atoms with van der Waals surface area (Å²) < 4.78 is 44.3. The molecule has 2 aromatic heterocycles. The van der Waals surface area contributed by atoms with Crippen LogP contribution in [0.3, 0.4) is 0 Å². The first-order chi connectivity index (χ1) is 15.3. The molecule has 2 saturated heterocycles. The maximum atomic E-state index is 12.7. The number of rotatable bonds is 2. The monoisotopic (exact) mass is 472 g/mol. The van der Waals surface area contributed by atoms with Crippen LogP contribution < -0.4 is 10.5 Å². The number of ether oxygens (including phenoxy) is 1. The van der Waals surface area contributed by atoms with Crippen molar-refractivity contribution in [2.45, 2.75) is 6.18 Å². The summed E-state index contributed by atoms with van der Waals surface area (Å²) in [7, 11) is 0. The number of amides is 2. The van der Waals surface area contributed by atoms with Gasteiger partial charge in [0, 0.05) is 45.5 Å². The molecule has 9 nitrogen and oxygen atoms in total. The third-order valence-corrected chi connectivity index (χ3v) is 5.72. The number of carbonyl (C=O) groups excluding carboxylic acids is 1. The highest BCUT2D eigenvalue weighted by molar-refractivity contribution is 6.33. The molecular weight excluding hydrogens is 453 g/mol. The second-order valence-electron chi connectivity index (χ2n) is 7.32. The Hall–Kier alpha value is -2.86. The molecule has 0 unspecified atom stereocenters. The Labute approximate surface area is 185 Å². The number of halogens is 4. The van der Waals surface area contributed by atoms with Crippen LogP contribution in [0.15, 0.2) is 29.3 Å². The van der Waals surface area contributed by atoms with E-state index in [4.69, 9.17) is 16.3 Å². The zero-order chi connectivity index (χ0) is 22.9. The fourth-order valence-electron chi connectivity index (χ4n) is 3.58. The van der Waals surface area contributed by atoms with Crippen LogP contribution in [0.5, 0.6) is 0 Å². The topological polar surface area (TPSA) is 83.8 Å². The summed E-state index contributed by atoms with van der Waals surface area (Å²) in [5, 5.41) is 3.92. The highest BCUT2D eigenvalue weighted by Crippen LogP contribution is 2.29. The Balaban J connectivity index is 1.46.